The van der Waals surface area contributed by atoms with Gasteiger partial charge in [-0.3, -0.25) is 14.9 Å². The highest BCUT2D eigenvalue weighted by Crippen LogP contribution is 2.45. The van der Waals surface area contributed by atoms with Crippen LogP contribution in [0, 0.1) is 10.1 Å². The SMILES string of the molecule is O=C(Cc1ccccc1[N+](=O)[O-])NC1(c2ccc(Br)cc2)CC1. The van der Waals surface area contributed by atoms with Crippen LogP contribution in [0.4, 0.5) is 5.69 Å². The monoisotopic (exact) mass is 374 g/mol. The molecule has 0 aromatic heterocycles. The van der Waals surface area contributed by atoms with Crippen molar-refractivity contribution in [2.24, 2.45) is 0 Å². The smallest absolute Gasteiger partial charge is 0.273 e. The molecule has 0 spiro atoms. The standard InChI is InChI=1S/C17H15BrN2O3/c18-14-7-5-13(6-8-14)17(9-10-17)19-16(21)11-12-3-1-2-4-15(12)20(22)23/h1-8H,9-11H2,(H,19,21). The number of nitrogens with one attached hydrogen (secondary N) is 1. The third kappa shape index (κ3) is 3.42. The molecule has 1 aliphatic rings. The maximum Gasteiger partial charge on any atom is 0.273 e. The van der Waals surface area contributed by atoms with Gasteiger partial charge in [0, 0.05) is 16.1 Å². The normalized spacial score (nSPS) is 15.0. The first-order valence-electron chi connectivity index (χ1n) is 7.29. The van der Waals surface area contributed by atoms with E-state index in [1.165, 1.54) is 6.07 Å². The third-order valence-electron chi connectivity index (χ3n) is 4.06. The molecule has 0 radical (unpaired) electrons. The average Bonchev–Trinajstić information content (AvgIpc) is 3.28. The summed E-state index contributed by atoms with van der Waals surface area (Å²) in [7, 11) is 0. The highest BCUT2D eigenvalue weighted by atomic mass is 79.9. The molecule has 0 aliphatic heterocycles. The van der Waals surface area contributed by atoms with Crippen molar-refractivity contribution in [2.45, 2.75) is 24.8 Å². The van der Waals surface area contributed by atoms with Crippen LogP contribution in [0.3, 0.4) is 0 Å². The van der Waals surface area contributed by atoms with E-state index in [0.29, 0.717) is 5.56 Å². The van der Waals surface area contributed by atoms with Gasteiger partial charge in [-0.1, -0.05) is 46.3 Å². The van der Waals surface area contributed by atoms with Gasteiger partial charge in [0.05, 0.1) is 16.9 Å². The molecule has 2 aromatic carbocycles. The zero-order chi connectivity index (χ0) is 16.4. The van der Waals surface area contributed by atoms with Gasteiger partial charge < -0.3 is 5.32 Å². The highest BCUT2D eigenvalue weighted by Gasteiger charge is 2.45. The summed E-state index contributed by atoms with van der Waals surface area (Å²) in [5, 5.41) is 14.1. The minimum atomic E-state index is -0.454. The van der Waals surface area contributed by atoms with Crippen molar-refractivity contribution >= 4 is 27.5 Å². The van der Waals surface area contributed by atoms with Crippen LogP contribution in [0.2, 0.25) is 0 Å². The Morgan fingerprint density at radius 3 is 2.43 bits per heavy atom. The summed E-state index contributed by atoms with van der Waals surface area (Å²) in [5.74, 6) is -0.195. The minimum Gasteiger partial charge on any atom is -0.346 e. The van der Waals surface area contributed by atoms with E-state index in [0.717, 1.165) is 22.9 Å². The molecule has 2 aromatic rings. The van der Waals surface area contributed by atoms with Crippen molar-refractivity contribution in [3.63, 3.8) is 0 Å². The zero-order valence-electron chi connectivity index (χ0n) is 12.3. The van der Waals surface area contributed by atoms with Crippen LogP contribution in [0.5, 0.6) is 0 Å². The van der Waals surface area contributed by atoms with Gasteiger partial charge in [-0.2, -0.15) is 0 Å². The molecule has 3 rings (SSSR count). The summed E-state index contributed by atoms with van der Waals surface area (Å²) in [6.07, 6.45) is 1.78. The molecule has 23 heavy (non-hydrogen) atoms. The van der Waals surface area contributed by atoms with Crippen LogP contribution in [0.25, 0.3) is 0 Å². The number of halogens is 1. The first kappa shape index (κ1) is 15.7. The Morgan fingerprint density at radius 1 is 1.17 bits per heavy atom. The molecule has 1 N–H and O–H groups in total. The van der Waals surface area contributed by atoms with E-state index in [9.17, 15) is 14.9 Å². The minimum absolute atomic E-state index is 0.00936. The lowest BCUT2D eigenvalue weighted by atomic mass is 10.0. The van der Waals surface area contributed by atoms with E-state index in [1.54, 1.807) is 18.2 Å². The lowest BCUT2D eigenvalue weighted by Crippen LogP contribution is -2.35. The fourth-order valence-electron chi connectivity index (χ4n) is 2.70. The van der Waals surface area contributed by atoms with Gasteiger partial charge in [-0.15, -0.1) is 0 Å². The van der Waals surface area contributed by atoms with Crippen molar-refractivity contribution < 1.29 is 9.72 Å². The molecule has 0 bridgehead atoms. The summed E-state index contributed by atoms with van der Waals surface area (Å²) < 4.78 is 0.989. The molecule has 0 saturated heterocycles. The van der Waals surface area contributed by atoms with E-state index in [2.05, 4.69) is 21.2 Å². The van der Waals surface area contributed by atoms with Crippen LogP contribution in [-0.4, -0.2) is 10.8 Å². The van der Waals surface area contributed by atoms with Gasteiger partial charge in [-0.25, -0.2) is 0 Å². The van der Waals surface area contributed by atoms with Crippen LogP contribution in [0.1, 0.15) is 24.0 Å². The number of benzene rings is 2. The second-order valence-electron chi connectivity index (χ2n) is 5.70. The summed E-state index contributed by atoms with van der Waals surface area (Å²) >= 11 is 3.40. The maximum atomic E-state index is 12.3. The number of amides is 1. The molecule has 0 atom stereocenters. The number of hydrogen-bond acceptors (Lipinski definition) is 3. The number of carbonyl (C=O) groups excluding carboxylic acids is 1. The van der Waals surface area contributed by atoms with E-state index in [1.807, 2.05) is 24.3 Å². The Hall–Kier alpha value is -2.21. The van der Waals surface area contributed by atoms with E-state index < -0.39 is 4.92 Å². The van der Waals surface area contributed by atoms with E-state index in [4.69, 9.17) is 0 Å². The Bertz CT molecular complexity index is 755. The molecule has 6 heteroatoms. The predicted octanol–water partition coefficient (Wildman–Crippen LogP) is 3.71. The second-order valence-corrected chi connectivity index (χ2v) is 6.62. The fourth-order valence-corrected chi connectivity index (χ4v) is 2.97. The van der Waals surface area contributed by atoms with Crippen molar-refractivity contribution in [1.82, 2.24) is 5.32 Å². The number of nitro groups is 1. The number of para-hydroxylation sites is 1. The van der Waals surface area contributed by atoms with Gasteiger partial charge in [0.2, 0.25) is 5.91 Å². The quantitative estimate of drug-likeness (QED) is 0.640. The van der Waals surface area contributed by atoms with Gasteiger partial charge in [0.1, 0.15) is 0 Å². The number of nitro benzene ring substituents is 1. The fraction of sp³-hybridized carbons (Fsp3) is 0.235. The van der Waals surface area contributed by atoms with Gasteiger partial charge in [-0.05, 0) is 30.5 Å². The summed E-state index contributed by atoms with van der Waals surface area (Å²) in [6, 6.07) is 14.2. The number of carbonyl (C=O) groups is 1. The number of nitrogens with zero attached hydrogens (tertiary/aromatic N) is 1. The Morgan fingerprint density at radius 2 is 1.83 bits per heavy atom. The second kappa shape index (κ2) is 6.12. The first-order valence-corrected chi connectivity index (χ1v) is 8.09. The lowest BCUT2D eigenvalue weighted by molar-refractivity contribution is -0.385. The third-order valence-corrected chi connectivity index (χ3v) is 4.59. The van der Waals surface area contributed by atoms with Crippen LogP contribution in [-0.2, 0) is 16.8 Å². The summed E-state index contributed by atoms with van der Waals surface area (Å²) in [6.45, 7) is 0. The Labute approximate surface area is 142 Å². The summed E-state index contributed by atoms with van der Waals surface area (Å²) in [5.41, 5.74) is 1.16. The molecule has 1 saturated carbocycles. The van der Waals surface area contributed by atoms with Crippen molar-refractivity contribution in [3.05, 3.63) is 74.2 Å². The lowest BCUT2D eigenvalue weighted by Gasteiger charge is -2.18. The number of rotatable bonds is 5. The number of hydrogen-bond donors (Lipinski definition) is 1. The topological polar surface area (TPSA) is 72.2 Å². The zero-order valence-corrected chi connectivity index (χ0v) is 13.9. The largest absolute Gasteiger partial charge is 0.346 e. The molecular formula is C17H15BrN2O3. The van der Waals surface area contributed by atoms with Gasteiger partial charge >= 0.3 is 0 Å². The van der Waals surface area contributed by atoms with Crippen LogP contribution in [0.15, 0.2) is 53.0 Å². The molecule has 1 amide bonds. The van der Waals surface area contributed by atoms with E-state index in [-0.39, 0.29) is 23.6 Å². The van der Waals surface area contributed by atoms with Crippen LogP contribution >= 0.6 is 15.9 Å². The predicted molar refractivity (Wildman–Crippen MR) is 90.0 cm³/mol. The summed E-state index contributed by atoms with van der Waals surface area (Å²) in [4.78, 5) is 22.9. The Kier molecular flexibility index (Phi) is 4.17. The molecule has 1 aliphatic carbocycles. The highest BCUT2D eigenvalue weighted by molar-refractivity contribution is 9.10. The first-order chi connectivity index (χ1) is 11.0. The molecule has 0 unspecified atom stereocenters. The van der Waals surface area contributed by atoms with Crippen LogP contribution < -0.4 is 5.32 Å². The van der Waals surface area contributed by atoms with Gasteiger partial charge in [0.15, 0.2) is 0 Å². The maximum absolute atomic E-state index is 12.3. The molecule has 5 nitrogen and oxygen atoms in total. The van der Waals surface area contributed by atoms with Crippen molar-refractivity contribution in [1.29, 1.82) is 0 Å². The molecule has 118 valence electrons. The molecular weight excluding hydrogens is 360 g/mol. The van der Waals surface area contributed by atoms with E-state index >= 15 is 0 Å². The average molecular weight is 375 g/mol. The molecule has 0 heterocycles. The van der Waals surface area contributed by atoms with Crippen molar-refractivity contribution in [2.75, 3.05) is 0 Å². The molecule has 1 fully saturated rings. The van der Waals surface area contributed by atoms with Crippen molar-refractivity contribution in [3.8, 4) is 0 Å². The Balaban J connectivity index is 1.73. The van der Waals surface area contributed by atoms with Gasteiger partial charge in [0.25, 0.3) is 5.69 Å².